The monoisotopic (exact) mass is 334 g/mol. The highest BCUT2D eigenvalue weighted by Crippen LogP contribution is 2.19. The van der Waals surface area contributed by atoms with E-state index in [2.05, 4.69) is 27.9 Å². The molecular weight excluding hydrogens is 307 g/mol. The first kappa shape index (κ1) is 18.4. The van der Waals surface area contributed by atoms with E-state index >= 15 is 0 Å². The average Bonchev–Trinajstić information content (AvgIpc) is 2.95. The Morgan fingerprint density at radius 2 is 1.88 bits per heavy atom. The van der Waals surface area contributed by atoms with Crippen molar-refractivity contribution < 1.29 is 9.18 Å². The number of amides is 1. The highest BCUT2D eigenvalue weighted by Gasteiger charge is 2.09. The Hall–Kier alpha value is -1.92. The first-order valence-electron chi connectivity index (χ1n) is 8.64. The van der Waals surface area contributed by atoms with Crippen LogP contribution in [0.1, 0.15) is 25.3 Å². The third-order valence-electron chi connectivity index (χ3n) is 3.89. The second-order valence-electron chi connectivity index (χ2n) is 5.84. The zero-order valence-corrected chi connectivity index (χ0v) is 14.3. The van der Waals surface area contributed by atoms with Gasteiger partial charge in [0.15, 0.2) is 0 Å². The predicted molar refractivity (Wildman–Crippen MR) is 95.6 cm³/mol. The number of aromatic amines is 1. The van der Waals surface area contributed by atoms with E-state index in [9.17, 15) is 9.18 Å². The molecule has 1 aromatic carbocycles. The van der Waals surface area contributed by atoms with E-state index in [-0.39, 0.29) is 18.1 Å². The van der Waals surface area contributed by atoms with Gasteiger partial charge in [-0.05, 0) is 62.8 Å². The van der Waals surface area contributed by atoms with Gasteiger partial charge in [0.05, 0.1) is 6.42 Å². The Morgan fingerprint density at radius 1 is 1.12 bits per heavy atom. The lowest BCUT2D eigenvalue weighted by Gasteiger charge is -2.07. The van der Waals surface area contributed by atoms with Gasteiger partial charge in [0.25, 0.3) is 0 Å². The fraction of sp³-hybridized carbons (Fsp3) is 0.500. The van der Waals surface area contributed by atoms with Crippen LogP contribution in [0, 0.1) is 5.82 Å². The zero-order valence-electron chi connectivity index (χ0n) is 14.3. The van der Waals surface area contributed by atoms with Gasteiger partial charge in [-0.1, -0.05) is 6.92 Å². The minimum Gasteiger partial charge on any atom is -0.361 e. The second kappa shape index (κ2) is 10.1. The molecule has 6 heteroatoms. The smallest absolute Gasteiger partial charge is 0.224 e. The van der Waals surface area contributed by atoms with Crippen LogP contribution in [-0.2, 0) is 11.2 Å². The van der Waals surface area contributed by atoms with Gasteiger partial charge in [0.2, 0.25) is 5.91 Å². The van der Waals surface area contributed by atoms with E-state index in [0.717, 1.165) is 55.5 Å². The molecule has 2 rings (SSSR count). The van der Waals surface area contributed by atoms with Crippen LogP contribution in [0.25, 0.3) is 10.9 Å². The van der Waals surface area contributed by atoms with Crippen molar-refractivity contribution in [2.45, 2.75) is 26.2 Å². The summed E-state index contributed by atoms with van der Waals surface area (Å²) < 4.78 is 13.3. The molecule has 24 heavy (non-hydrogen) atoms. The highest BCUT2D eigenvalue weighted by molar-refractivity contribution is 5.88. The number of fused-ring (bicyclic) bond motifs is 1. The lowest BCUT2D eigenvalue weighted by molar-refractivity contribution is -0.120. The summed E-state index contributed by atoms with van der Waals surface area (Å²) in [5, 5.41) is 10.3. The molecule has 0 aliphatic carbocycles. The lowest BCUT2D eigenvalue weighted by Crippen LogP contribution is -2.29. The molecule has 0 saturated carbocycles. The summed E-state index contributed by atoms with van der Waals surface area (Å²) in [6.45, 7) is 6.67. The van der Waals surface area contributed by atoms with E-state index in [1.807, 2.05) is 0 Å². The van der Waals surface area contributed by atoms with Crippen molar-refractivity contribution in [3.63, 3.8) is 0 Å². The van der Waals surface area contributed by atoms with E-state index in [4.69, 9.17) is 0 Å². The molecule has 0 spiro atoms. The van der Waals surface area contributed by atoms with Gasteiger partial charge in [-0.15, -0.1) is 0 Å². The molecule has 0 fully saturated rings. The summed E-state index contributed by atoms with van der Waals surface area (Å²) in [4.78, 5) is 15.1. The van der Waals surface area contributed by atoms with Gasteiger partial charge in [-0.3, -0.25) is 4.79 Å². The lowest BCUT2D eigenvalue weighted by atomic mass is 10.1. The molecule has 1 heterocycles. The quantitative estimate of drug-likeness (QED) is 0.475. The molecule has 1 amide bonds. The van der Waals surface area contributed by atoms with E-state index in [1.54, 1.807) is 12.3 Å². The Kier molecular flexibility index (Phi) is 7.71. The fourth-order valence-electron chi connectivity index (χ4n) is 2.61. The van der Waals surface area contributed by atoms with Crippen molar-refractivity contribution in [3.05, 3.63) is 35.8 Å². The SMILES string of the molecule is CCNCCCNCCCNC(=O)Cc1c[nH]c2ccc(F)cc12. The van der Waals surface area contributed by atoms with Gasteiger partial charge in [-0.2, -0.15) is 0 Å². The maximum Gasteiger partial charge on any atom is 0.224 e. The zero-order chi connectivity index (χ0) is 17.2. The van der Waals surface area contributed by atoms with Crippen molar-refractivity contribution in [3.8, 4) is 0 Å². The molecule has 2 aromatic rings. The minimum absolute atomic E-state index is 0.0349. The molecule has 0 saturated heterocycles. The van der Waals surface area contributed by atoms with Crippen LogP contribution >= 0.6 is 0 Å². The Morgan fingerprint density at radius 3 is 2.67 bits per heavy atom. The molecule has 1 aromatic heterocycles. The predicted octanol–water partition coefficient (Wildman–Crippen LogP) is 1.95. The van der Waals surface area contributed by atoms with Gasteiger partial charge >= 0.3 is 0 Å². The minimum atomic E-state index is -0.288. The first-order chi connectivity index (χ1) is 11.7. The van der Waals surface area contributed by atoms with Crippen LogP contribution in [0.4, 0.5) is 4.39 Å². The number of rotatable bonds is 11. The first-order valence-corrected chi connectivity index (χ1v) is 8.64. The summed E-state index contributed by atoms with van der Waals surface area (Å²) in [5.74, 6) is -0.323. The van der Waals surface area contributed by atoms with Gasteiger partial charge in [0.1, 0.15) is 5.82 Å². The Labute approximate surface area is 142 Å². The number of carbonyl (C=O) groups is 1. The van der Waals surface area contributed by atoms with Crippen molar-refractivity contribution in [1.29, 1.82) is 0 Å². The van der Waals surface area contributed by atoms with Crippen LogP contribution in [-0.4, -0.2) is 43.6 Å². The molecule has 0 aliphatic heterocycles. The molecule has 4 N–H and O–H groups in total. The molecular formula is C18H27FN4O. The molecule has 0 atom stereocenters. The number of benzene rings is 1. The number of nitrogens with one attached hydrogen (secondary N) is 4. The molecule has 0 radical (unpaired) electrons. The van der Waals surface area contributed by atoms with E-state index < -0.39 is 0 Å². The summed E-state index contributed by atoms with van der Waals surface area (Å²) in [6.07, 6.45) is 4.04. The van der Waals surface area contributed by atoms with Gasteiger partial charge in [0, 0.05) is 23.6 Å². The van der Waals surface area contributed by atoms with Crippen LogP contribution < -0.4 is 16.0 Å². The normalized spacial score (nSPS) is 11.1. The standard InChI is InChI=1S/C18H27FN4O/c1-2-20-7-3-8-21-9-4-10-22-18(24)11-14-13-23-17-6-5-15(19)12-16(14)17/h5-6,12-13,20-21,23H,2-4,7-11H2,1H3,(H,22,24). The number of aromatic nitrogens is 1. The molecule has 5 nitrogen and oxygen atoms in total. The number of carbonyl (C=O) groups excluding carboxylic acids is 1. The van der Waals surface area contributed by atoms with Crippen molar-refractivity contribution in [2.75, 3.05) is 32.7 Å². The number of hydrogen-bond donors (Lipinski definition) is 4. The topological polar surface area (TPSA) is 68.9 Å². The van der Waals surface area contributed by atoms with E-state index in [1.165, 1.54) is 12.1 Å². The Bertz CT molecular complexity index is 641. The van der Waals surface area contributed by atoms with Crippen molar-refractivity contribution >= 4 is 16.8 Å². The maximum absolute atomic E-state index is 13.3. The van der Waals surface area contributed by atoms with Crippen LogP contribution in [0.3, 0.4) is 0 Å². The average molecular weight is 334 g/mol. The highest BCUT2D eigenvalue weighted by atomic mass is 19.1. The third-order valence-corrected chi connectivity index (χ3v) is 3.89. The summed E-state index contributed by atoms with van der Waals surface area (Å²) in [5.41, 5.74) is 1.67. The van der Waals surface area contributed by atoms with Gasteiger partial charge in [-0.25, -0.2) is 4.39 Å². The molecule has 0 aliphatic rings. The summed E-state index contributed by atoms with van der Waals surface area (Å²) in [7, 11) is 0. The number of hydrogen-bond acceptors (Lipinski definition) is 3. The number of halogens is 1. The third kappa shape index (κ3) is 5.94. The van der Waals surface area contributed by atoms with Crippen LogP contribution in [0.2, 0.25) is 0 Å². The molecule has 132 valence electrons. The van der Waals surface area contributed by atoms with Crippen LogP contribution in [0.15, 0.2) is 24.4 Å². The number of H-pyrrole nitrogens is 1. The van der Waals surface area contributed by atoms with Crippen LogP contribution in [0.5, 0.6) is 0 Å². The fourth-order valence-corrected chi connectivity index (χ4v) is 2.61. The Balaban J connectivity index is 1.62. The molecule has 0 bridgehead atoms. The van der Waals surface area contributed by atoms with E-state index in [0.29, 0.717) is 6.54 Å². The summed E-state index contributed by atoms with van der Waals surface area (Å²) in [6, 6.07) is 4.56. The van der Waals surface area contributed by atoms with Crippen molar-refractivity contribution in [2.24, 2.45) is 0 Å². The summed E-state index contributed by atoms with van der Waals surface area (Å²) >= 11 is 0. The largest absolute Gasteiger partial charge is 0.361 e. The maximum atomic E-state index is 13.3. The second-order valence-corrected chi connectivity index (χ2v) is 5.84. The van der Waals surface area contributed by atoms with Gasteiger partial charge < -0.3 is 20.9 Å². The van der Waals surface area contributed by atoms with Crippen molar-refractivity contribution in [1.82, 2.24) is 20.9 Å². The molecule has 0 unspecified atom stereocenters.